The van der Waals surface area contributed by atoms with Gasteiger partial charge in [0.1, 0.15) is 11.5 Å². The minimum absolute atomic E-state index is 0.0735. The molecule has 3 rings (SSSR count). The van der Waals surface area contributed by atoms with Gasteiger partial charge in [-0.05, 0) is 24.3 Å². The van der Waals surface area contributed by atoms with Crippen LogP contribution in [-0.4, -0.2) is 9.78 Å². The normalized spacial score (nSPS) is 10.9. The van der Waals surface area contributed by atoms with Gasteiger partial charge in [-0.3, -0.25) is 5.41 Å². The number of nitrogens with zero attached hydrogens (tertiary/aromatic N) is 2. The summed E-state index contributed by atoms with van der Waals surface area (Å²) in [5.41, 5.74) is 0.664. The fourth-order valence-electron chi connectivity index (χ4n) is 1.92. The third-order valence-corrected chi connectivity index (χ3v) is 4.53. The Bertz CT molecular complexity index is 897. The molecule has 0 aliphatic rings. The summed E-state index contributed by atoms with van der Waals surface area (Å²) >= 11 is 19.2. The maximum Gasteiger partial charge on any atom is 0.205 e. The van der Waals surface area contributed by atoms with Gasteiger partial charge in [0.05, 0.1) is 10.0 Å². The van der Waals surface area contributed by atoms with E-state index in [0.29, 0.717) is 21.3 Å². The summed E-state index contributed by atoms with van der Waals surface area (Å²) in [4.78, 5) is 0.0735. The first kappa shape index (κ1) is 15.5. The summed E-state index contributed by atoms with van der Waals surface area (Å²) in [6.45, 7) is 0. The summed E-state index contributed by atoms with van der Waals surface area (Å²) in [6.07, 6.45) is 0. The molecule has 0 unspecified atom stereocenters. The van der Waals surface area contributed by atoms with Crippen molar-refractivity contribution in [3.05, 3.63) is 62.1 Å². The molecule has 0 aliphatic heterocycles. The number of hydrogen-bond donors (Lipinski definition) is 1. The Morgan fingerprint density at radius 3 is 2.36 bits per heavy atom. The van der Waals surface area contributed by atoms with Crippen LogP contribution in [0.15, 0.2) is 36.4 Å². The van der Waals surface area contributed by atoms with E-state index in [1.165, 1.54) is 22.9 Å². The standard InChI is InChI=1S/C14H7Cl3FN3S/c15-7-5-9(16)12(10(17)6-7)21-14(19)22-13(20-21)8-3-1-2-4-11(8)18/h1-6,19H. The molecule has 1 aromatic heterocycles. The molecule has 0 aliphatic carbocycles. The van der Waals surface area contributed by atoms with Crippen LogP contribution in [0.2, 0.25) is 15.1 Å². The van der Waals surface area contributed by atoms with Crippen LogP contribution in [0.5, 0.6) is 0 Å². The molecule has 3 nitrogen and oxygen atoms in total. The molecule has 112 valence electrons. The van der Waals surface area contributed by atoms with E-state index in [4.69, 9.17) is 40.2 Å². The monoisotopic (exact) mass is 373 g/mol. The quantitative estimate of drug-likeness (QED) is 0.660. The van der Waals surface area contributed by atoms with Crippen molar-refractivity contribution in [1.29, 1.82) is 5.41 Å². The Balaban J connectivity index is 2.20. The third-order valence-electron chi connectivity index (χ3n) is 2.87. The van der Waals surface area contributed by atoms with Crippen LogP contribution in [0.25, 0.3) is 16.3 Å². The molecule has 0 amide bonds. The van der Waals surface area contributed by atoms with Crippen LogP contribution in [0.3, 0.4) is 0 Å². The van der Waals surface area contributed by atoms with Gasteiger partial charge in [-0.25, -0.2) is 9.07 Å². The van der Waals surface area contributed by atoms with Crippen LogP contribution < -0.4 is 4.80 Å². The van der Waals surface area contributed by atoms with E-state index >= 15 is 0 Å². The Labute approximate surface area is 144 Å². The summed E-state index contributed by atoms with van der Waals surface area (Å²) in [7, 11) is 0. The molecule has 0 radical (unpaired) electrons. The average Bonchev–Trinajstić information content (AvgIpc) is 2.80. The van der Waals surface area contributed by atoms with E-state index in [0.717, 1.165) is 11.3 Å². The van der Waals surface area contributed by atoms with E-state index in [2.05, 4.69) is 5.10 Å². The topological polar surface area (TPSA) is 41.7 Å². The van der Waals surface area contributed by atoms with Gasteiger partial charge in [-0.2, -0.15) is 5.10 Å². The largest absolute Gasteiger partial charge is 0.273 e. The molecule has 0 fully saturated rings. The molecule has 3 aromatic rings. The highest BCUT2D eigenvalue weighted by atomic mass is 35.5. The second-order valence-electron chi connectivity index (χ2n) is 4.32. The maximum atomic E-state index is 13.9. The zero-order valence-corrected chi connectivity index (χ0v) is 13.9. The molecule has 1 heterocycles. The SMILES string of the molecule is N=c1sc(-c2ccccc2F)nn1-c1c(Cl)cc(Cl)cc1Cl. The van der Waals surface area contributed by atoms with Gasteiger partial charge in [-0.1, -0.05) is 58.3 Å². The Hall–Kier alpha value is -1.40. The van der Waals surface area contributed by atoms with Gasteiger partial charge < -0.3 is 0 Å². The molecular formula is C14H7Cl3FN3S. The minimum atomic E-state index is -0.406. The maximum absolute atomic E-state index is 13.9. The molecule has 22 heavy (non-hydrogen) atoms. The second-order valence-corrected chi connectivity index (χ2v) is 6.55. The van der Waals surface area contributed by atoms with Gasteiger partial charge in [0, 0.05) is 10.6 Å². The number of hydrogen-bond acceptors (Lipinski definition) is 3. The zero-order chi connectivity index (χ0) is 15.9. The predicted molar refractivity (Wildman–Crippen MR) is 87.7 cm³/mol. The zero-order valence-electron chi connectivity index (χ0n) is 10.8. The van der Waals surface area contributed by atoms with Crippen LogP contribution in [0, 0.1) is 11.2 Å². The Morgan fingerprint density at radius 1 is 1.09 bits per heavy atom. The van der Waals surface area contributed by atoms with Crippen LogP contribution in [0.4, 0.5) is 4.39 Å². The molecule has 8 heteroatoms. The van der Waals surface area contributed by atoms with Crippen molar-refractivity contribution in [2.75, 3.05) is 0 Å². The average molecular weight is 375 g/mol. The third kappa shape index (κ3) is 2.77. The summed E-state index contributed by atoms with van der Waals surface area (Å²) in [6, 6.07) is 9.26. The number of halogens is 4. The fraction of sp³-hybridized carbons (Fsp3) is 0. The second kappa shape index (κ2) is 6.01. The van der Waals surface area contributed by atoms with Gasteiger partial charge in [0.2, 0.25) is 4.80 Å². The van der Waals surface area contributed by atoms with E-state index in [1.54, 1.807) is 18.2 Å². The van der Waals surface area contributed by atoms with Gasteiger partial charge in [0.15, 0.2) is 5.01 Å². The first-order valence-electron chi connectivity index (χ1n) is 6.02. The van der Waals surface area contributed by atoms with Crippen molar-refractivity contribution in [3.63, 3.8) is 0 Å². The lowest BCUT2D eigenvalue weighted by atomic mass is 10.2. The van der Waals surface area contributed by atoms with E-state index in [9.17, 15) is 4.39 Å². The number of aromatic nitrogens is 2. The van der Waals surface area contributed by atoms with E-state index in [-0.39, 0.29) is 14.8 Å². The molecule has 0 bridgehead atoms. The van der Waals surface area contributed by atoms with Crippen LogP contribution >= 0.6 is 46.1 Å². The lowest BCUT2D eigenvalue weighted by molar-refractivity contribution is 0.630. The molecular weight excluding hydrogens is 368 g/mol. The van der Waals surface area contributed by atoms with Gasteiger partial charge in [0.25, 0.3) is 0 Å². The number of rotatable bonds is 2. The summed E-state index contributed by atoms with van der Waals surface area (Å²) < 4.78 is 15.1. The van der Waals surface area contributed by atoms with Crippen molar-refractivity contribution in [3.8, 4) is 16.3 Å². The van der Waals surface area contributed by atoms with Gasteiger partial charge in [-0.15, -0.1) is 0 Å². The van der Waals surface area contributed by atoms with Crippen molar-refractivity contribution < 1.29 is 4.39 Å². The lowest BCUT2D eigenvalue weighted by Crippen LogP contribution is -2.13. The Morgan fingerprint density at radius 2 is 1.73 bits per heavy atom. The van der Waals surface area contributed by atoms with E-state index in [1.807, 2.05) is 0 Å². The van der Waals surface area contributed by atoms with Crippen LogP contribution in [0.1, 0.15) is 0 Å². The molecule has 0 saturated carbocycles. The number of benzene rings is 2. The summed E-state index contributed by atoms with van der Waals surface area (Å²) in [5.74, 6) is -0.406. The predicted octanol–water partition coefficient (Wildman–Crippen LogP) is 5.18. The molecule has 2 aromatic carbocycles. The molecule has 1 N–H and O–H groups in total. The van der Waals surface area contributed by atoms with Crippen molar-refractivity contribution in [2.45, 2.75) is 0 Å². The van der Waals surface area contributed by atoms with Crippen molar-refractivity contribution in [2.24, 2.45) is 0 Å². The molecule has 0 spiro atoms. The highest BCUT2D eigenvalue weighted by Gasteiger charge is 2.16. The highest BCUT2D eigenvalue weighted by molar-refractivity contribution is 7.12. The van der Waals surface area contributed by atoms with Crippen LogP contribution in [-0.2, 0) is 0 Å². The molecule has 0 saturated heterocycles. The first-order valence-corrected chi connectivity index (χ1v) is 7.97. The first-order chi connectivity index (χ1) is 10.5. The minimum Gasteiger partial charge on any atom is -0.273 e. The highest BCUT2D eigenvalue weighted by Crippen LogP contribution is 2.32. The van der Waals surface area contributed by atoms with Crippen molar-refractivity contribution in [1.82, 2.24) is 9.78 Å². The number of nitrogens with one attached hydrogen (secondary N) is 1. The Kier molecular flexibility index (Phi) is 4.23. The molecule has 0 atom stereocenters. The smallest absolute Gasteiger partial charge is 0.205 e. The fourth-order valence-corrected chi connectivity index (χ4v) is 3.70. The summed E-state index contributed by atoms with van der Waals surface area (Å²) in [5, 5.41) is 13.6. The van der Waals surface area contributed by atoms with Crippen molar-refractivity contribution >= 4 is 46.1 Å². The van der Waals surface area contributed by atoms with E-state index < -0.39 is 5.82 Å². The van der Waals surface area contributed by atoms with Gasteiger partial charge >= 0.3 is 0 Å². The lowest BCUT2D eigenvalue weighted by Gasteiger charge is -2.07.